The molecule has 0 atom stereocenters. The van der Waals surface area contributed by atoms with Crippen LogP contribution in [-0.4, -0.2) is 26.5 Å². The van der Waals surface area contributed by atoms with Gasteiger partial charge in [-0.2, -0.15) is 0 Å². The molecule has 2 N–H and O–H groups in total. The maximum atomic E-state index is 11.9. The summed E-state index contributed by atoms with van der Waals surface area (Å²) in [6.07, 6.45) is 2.01. The van der Waals surface area contributed by atoms with Crippen molar-refractivity contribution < 1.29 is 14.3 Å². The van der Waals surface area contributed by atoms with E-state index in [-0.39, 0.29) is 6.03 Å². The number of anilines is 1. The fraction of sp³-hybridized carbons (Fsp3) is 0.235. The zero-order valence-electron chi connectivity index (χ0n) is 13.4. The smallest absolute Gasteiger partial charge is 0.319 e. The fourth-order valence-electron chi connectivity index (χ4n) is 2.02. The first-order valence-corrected chi connectivity index (χ1v) is 8.28. The van der Waals surface area contributed by atoms with Crippen molar-refractivity contribution in [1.29, 1.82) is 0 Å². The van der Waals surface area contributed by atoms with Gasteiger partial charge >= 0.3 is 6.03 Å². The number of ether oxygens (including phenoxy) is 2. The van der Waals surface area contributed by atoms with E-state index in [2.05, 4.69) is 10.6 Å². The Hall–Kier alpha value is -2.34. The number of nitrogens with one attached hydrogen (secondary N) is 2. The lowest BCUT2D eigenvalue weighted by Crippen LogP contribution is -2.28. The average Bonchev–Trinajstić information content (AvgIpc) is 2.60. The van der Waals surface area contributed by atoms with Crippen LogP contribution in [0.2, 0.25) is 0 Å². The van der Waals surface area contributed by atoms with Gasteiger partial charge in [-0.1, -0.05) is 6.07 Å². The lowest BCUT2D eigenvalue weighted by molar-refractivity contribution is 0.251. The van der Waals surface area contributed by atoms with Crippen molar-refractivity contribution in [2.75, 3.05) is 25.8 Å². The Morgan fingerprint density at radius 1 is 1.04 bits per heavy atom. The minimum atomic E-state index is -0.253. The van der Waals surface area contributed by atoms with Crippen LogP contribution >= 0.6 is 11.8 Å². The Bertz CT molecular complexity index is 659. The molecule has 0 heterocycles. The van der Waals surface area contributed by atoms with Crippen molar-refractivity contribution >= 4 is 23.5 Å². The minimum Gasteiger partial charge on any atom is -0.493 e. The third-order valence-electron chi connectivity index (χ3n) is 3.25. The van der Waals surface area contributed by atoms with Crippen molar-refractivity contribution in [3.63, 3.8) is 0 Å². The Morgan fingerprint density at radius 3 is 2.35 bits per heavy atom. The Labute approximate surface area is 140 Å². The van der Waals surface area contributed by atoms with Gasteiger partial charge in [0.25, 0.3) is 0 Å². The Kier molecular flexibility index (Phi) is 6.17. The summed E-state index contributed by atoms with van der Waals surface area (Å²) < 4.78 is 10.4. The molecule has 0 bridgehead atoms. The van der Waals surface area contributed by atoms with E-state index in [1.54, 1.807) is 26.0 Å². The molecule has 0 radical (unpaired) electrons. The molecule has 0 spiro atoms. The summed E-state index contributed by atoms with van der Waals surface area (Å²) >= 11 is 1.66. The van der Waals surface area contributed by atoms with E-state index in [0.717, 1.165) is 16.1 Å². The molecular formula is C17H20N2O3S. The molecular weight excluding hydrogens is 312 g/mol. The number of amides is 2. The highest BCUT2D eigenvalue weighted by Crippen LogP contribution is 2.27. The highest BCUT2D eigenvalue weighted by atomic mass is 32.2. The van der Waals surface area contributed by atoms with Crippen LogP contribution in [0.15, 0.2) is 47.4 Å². The monoisotopic (exact) mass is 332 g/mol. The summed E-state index contributed by atoms with van der Waals surface area (Å²) in [5.41, 5.74) is 1.68. The number of carbonyl (C=O) groups excluding carboxylic acids is 1. The summed E-state index contributed by atoms with van der Waals surface area (Å²) in [6.45, 7) is 0.398. The minimum absolute atomic E-state index is 0.253. The van der Waals surface area contributed by atoms with Gasteiger partial charge in [-0.25, -0.2) is 4.79 Å². The number of hydrogen-bond acceptors (Lipinski definition) is 4. The molecule has 0 unspecified atom stereocenters. The third-order valence-corrected chi connectivity index (χ3v) is 3.99. The molecule has 2 aromatic carbocycles. The zero-order valence-corrected chi connectivity index (χ0v) is 14.2. The molecule has 0 fully saturated rings. The second kappa shape index (κ2) is 8.33. The summed E-state index contributed by atoms with van der Waals surface area (Å²) in [5.74, 6) is 1.30. The van der Waals surface area contributed by atoms with Crippen molar-refractivity contribution in [2.45, 2.75) is 11.4 Å². The maximum absolute atomic E-state index is 11.9. The first kappa shape index (κ1) is 17.0. The molecule has 2 rings (SSSR count). The van der Waals surface area contributed by atoms with Crippen LogP contribution in [0.5, 0.6) is 11.5 Å². The molecule has 2 aromatic rings. The predicted octanol–water partition coefficient (Wildman–Crippen LogP) is 3.75. The highest BCUT2D eigenvalue weighted by Gasteiger charge is 2.06. The number of rotatable bonds is 6. The number of urea groups is 1. The molecule has 122 valence electrons. The molecule has 23 heavy (non-hydrogen) atoms. The first-order valence-electron chi connectivity index (χ1n) is 7.06. The van der Waals surface area contributed by atoms with Crippen molar-refractivity contribution in [3.05, 3.63) is 48.0 Å². The van der Waals surface area contributed by atoms with Gasteiger partial charge in [0.2, 0.25) is 0 Å². The van der Waals surface area contributed by atoms with E-state index in [4.69, 9.17) is 9.47 Å². The van der Waals surface area contributed by atoms with Crippen LogP contribution < -0.4 is 20.1 Å². The second-order valence-corrected chi connectivity index (χ2v) is 5.61. The van der Waals surface area contributed by atoms with Gasteiger partial charge in [-0.05, 0) is 48.2 Å². The van der Waals surface area contributed by atoms with Crippen LogP contribution in [0.25, 0.3) is 0 Å². The zero-order chi connectivity index (χ0) is 16.7. The lowest BCUT2D eigenvalue weighted by atomic mass is 10.2. The van der Waals surface area contributed by atoms with Crippen LogP contribution in [0.4, 0.5) is 10.5 Å². The molecule has 0 saturated carbocycles. The lowest BCUT2D eigenvalue weighted by Gasteiger charge is -2.11. The Balaban J connectivity index is 1.90. The first-order chi connectivity index (χ1) is 11.2. The number of hydrogen-bond donors (Lipinski definition) is 2. The third kappa shape index (κ3) is 4.82. The van der Waals surface area contributed by atoms with Crippen LogP contribution in [0, 0.1) is 0 Å². The normalized spacial score (nSPS) is 10.0. The summed E-state index contributed by atoms with van der Waals surface area (Å²) in [6, 6.07) is 13.0. The molecule has 5 nitrogen and oxygen atoms in total. The van der Waals surface area contributed by atoms with Gasteiger partial charge in [-0.3, -0.25) is 0 Å². The predicted molar refractivity (Wildman–Crippen MR) is 93.6 cm³/mol. The van der Waals surface area contributed by atoms with Gasteiger partial charge in [0.15, 0.2) is 11.5 Å². The average molecular weight is 332 g/mol. The highest BCUT2D eigenvalue weighted by molar-refractivity contribution is 7.98. The second-order valence-electron chi connectivity index (χ2n) is 4.73. The van der Waals surface area contributed by atoms with Crippen LogP contribution in [0.3, 0.4) is 0 Å². The largest absolute Gasteiger partial charge is 0.493 e. The summed E-state index contributed by atoms with van der Waals surface area (Å²) in [5, 5.41) is 5.61. The van der Waals surface area contributed by atoms with Gasteiger partial charge < -0.3 is 20.1 Å². The van der Waals surface area contributed by atoms with E-state index in [0.29, 0.717) is 18.0 Å². The SMILES string of the molecule is COc1ccc(CNC(=O)Nc2ccc(SC)cc2)cc1OC. The van der Waals surface area contributed by atoms with Gasteiger partial charge in [0.1, 0.15) is 0 Å². The van der Waals surface area contributed by atoms with E-state index in [9.17, 15) is 4.79 Å². The quantitative estimate of drug-likeness (QED) is 0.791. The van der Waals surface area contributed by atoms with Crippen molar-refractivity contribution in [1.82, 2.24) is 5.32 Å². The number of carbonyl (C=O) groups is 1. The van der Waals surface area contributed by atoms with E-state index in [1.165, 1.54) is 0 Å². The van der Waals surface area contributed by atoms with E-state index in [1.807, 2.05) is 48.7 Å². The topological polar surface area (TPSA) is 59.6 Å². The molecule has 0 aliphatic rings. The number of thioether (sulfide) groups is 1. The number of methoxy groups -OCH3 is 2. The van der Waals surface area contributed by atoms with Crippen LogP contribution in [0.1, 0.15) is 5.56 Å². The number of benzene rings is 2. The molecule has 0 aliphatic carbocycles. The van der Waals surface area contributed by atoms with E-state index >= 15 is 0 Å². The molecule has 0 saturated heterocycles. The summed E-state index contributed by atoms with van der Waals surface area (Å²) in [7, 11) is 3.17. The molecule has 6 heteroatoms. The maximum Gasteiger partial charge on any atom is 0.319 e. The van der Waals surface area contributed by atoms with Gasteiger partial charge in [-0.15, -0.1) is 11.8 Å². The van der Waals surface area contributed by atoms with Crippen molar-refractivity contribution in [3.8, 4) is 11.5 Å². The van der Waals surface area contributed by atoms with Crippen molar-refractivity contribution in [2.24, 2.45) is 0 Å². The standard InChI is InChI=1S/C17H20N2O3S/c1-21-15-9-4-12(10-16(15)22-2)11-18-17(20)19-13-5-7-14(23-3)8-6-13/h4-10H,11H2,1-3H3,(H2,18,19,20). The van der Waals surface area contributed by atoms with Gasteiger partial charge in [0, 0.05) is 17.1 Å². The van der Waals surface area contributed by atoms with Gasteiger partial charge in [0.05, 0.1) is 14.2 Å². The molecule has 2 amide bonds. The van der Waals surface area contributed by atoms with Crippen LogP contribution in [-0.2, 0) is 6.54 Å². The summed E-state index contributed by atoms with van der Waals surface area (Å²) in [4.78, 5) is 13.1. The Morgan fingerprint density at radius 2 is 1.74 bits per heavy atom. The fourth-order valence-corrected chi connectivity index (χ4v) is 2.43. The molecule has 0 aliphatic heterocycles. The van der Waals surface area contributed by atoms with E-state index < -0.39 is 0 Å². The molecule has 0 aromatic heterocycles.